The summed E-state index contributed by atoms with van der Waals surface area (Å²) in [5, 5.41) is 4.82. The van der Waals surface area contributed by atoms with E-state index in [-0.39, 0.29) is 5.41 Å². The van der Waals surface area contributed by atoms with Crippen molar-refractivity contribution in [1.29, 1.82) is 0 Å². The summed E-state index contributed by atoms with van der Waals surface area (Å²) < 4.78 is 13.0. The molecule has 4 aromatic carbocycles. The lowest BCUT2D eigenvalue weighted by Gasteiger charge is -2.28. The van der Waals surface area contributed by atoms with Gasteiger partial charge in [-0.1, -0.05) is 80.9 Å². The van der Waals surface area contributed by atoms with E-state index in [0.717, 1.165) is 35.5 Å². The Morgan fingerprint density at radius 1 is 0.690 bits per heavy atom. The van der Waals surface area contributed by atoms with Gasteiger partial charge < -0.3 is 9.47 Å². The summed E-state index contributed by atoms with van der Waals surface area (Å²) in [6.07, 6.45) is 2.18. The van der Waals surface area contributed by atoms with Crippen molar-refractivity contribution in [2.24, 2.45) is 5.41 Å². The predicted molar refractivity (Wildman–Crippen MR) is 121 cm³/mol. The molecular formula is C27H26O2. The average Bonchev–Trinajstić information content (AvgIpc) is 2.81. The summed E-state index contributed by atoms with van der Waals surface area (Å²) in [6, 6.07) is 25.6. The second kappa shape index (κ2) is 7.11. The highest BCUT2D eigenvalue weighted by atomic mass is 16.5. The highest BCUT2D eigenvalue weighted by Gasteiger charge is 2.29. The van der Waals surface area contributed by atoms with Gasteiger partial charge in [0, 0.05) is 16.5 Å². The largest absolute Gasteiger partial charge is 0.492 e. The van der Waals surface area contributed by atoms with Gasteiger partial charge in [0.15, 0.2) is 0 Å². The topological polar surface area (TPSA) is 18.5 Å². The molecule has 0 aromatic heterocycles. The molecule has 0 saturated carbocycles. The first-order chi connectivity index (χ1) is 14.2. The fraction of sp³-hybridized carbons (Fsp3) is 0.259. The van der Waals surface area contributed by atoms with E-state index < -0.39 is 0 Å². The molecule has 0 fully saturated rings. The first-order valence-corrected chi connectivity index (χ1v) is 10.5. The van der Waals surface area contributed by atoms with Gasteiger partial charge in [0.05, 0.1) is 13.2 Å². The Hall–Kier alpha value is -3.00. The summed E-state index contributed by atoms with van der Waals surface area (Å²) in [7, 11) is 0. The molecule has 2 heteroatoms. The second-order valence-electron chi connectivity index (χ2n) is 8.46. The first-order valence-electron chi connectivity index (χ1n) is 10.5. The van der Waals surface area contributed by atoms with Crippen LogP contribution in [0.15, 0.2) is 72.8 Å². The van der Waals surface area contributed by atoms with Gasteiger partial charge >= 0.3 is 0 Å². The molecular weight excluding hydrogens is 356 g/mol. The van der Waals surface area contributed by atoms with E-state index in [2.05, 4.69) is 86.6 Å². The van der Waals surface area contributed by atoms with Crippen molar-refractivity contribution in [3.8, 4) is 22.6 Å². The minimum absolute atomic E-state index is 0.0229. The normalized spacial score (nSPS) is 15.4. The Morgan fingerprint density at radius 3 is 1.66 bits per heavy atom. The Labute approximate surface area is 172 Å². The number of hydrogen-bond acceptors (Lipinski definition) is 2. The maximum absolute atomic E-state index is 6.51. The maximum atomic E-state index is 6.51. The smallest absolute Gasteiger partial charge is 0.127 e. The minimum Gasteiger partial charge on any atom is -0.492 e. The van der Waals surface area contributed by atoms with Crippen LogP contribution in [0, 0.1) is 5.41 Å². The quantitative estimate of drug-likeness (QED) is 0.364. The van der Waals surface area contributed by atoms with Crippen LogP contribution in [0.2, 0.25) is 0 Å². The molecule has 1 aliphatic heterocycles. The lowest BCUT2D eigenvalue weighted by Crippen LogP contribution is -2.31. The van der Waals surface area contributed by atoms with E-state index in [9.17, 15) is 0 Å². The molecule has 0 radical (unpaired) electrons. The molecule has 1 heterocycles. The summed E-state index contributed by atoms with van der Waals surface area (Å²) >= 11 is 0. The van der Waals surface area contributed by atoms with E-state index in [4.69, 9.17) is 9.47 Å². The predicted octanol–water partition coefficient (Wildman–Crippen LogP) is 7.24. The van der Waals surface area contributed by atoms with Gasteiger partial charge in [-0.25, -0.2) is 0 Å². The zero-order valence-electron chi connectivity index (χ0n) is 17.1. The third-order valence-corrected chi connectivity index (χ3v) is 6.04. The van der Waals surface area contributed by atoms with Crippen molar-refractivity contribution >= 4 is 21.5 Å². The molecule has 1 aliphatic rings. The SMILES string of the molecule is CCCC1(C)COc2ccc3ccccc3c2-c2c(ccc3ccccc23)OC1. The van der Waals surface area contributed by atoms with E-state index in [1.165, 1.54) is 21.5 Å². The minimum atomic E-state index is -0.0229. The van der Waals surface area contributed by atoms with Crippen LogP contribution in [0.1, 0.15) is 26.7 Å². The van der Waals surface area contributed by atoms with E-state index in [0.29, 0.717) is 13.2 Å². The van der Waals surface area contributed by atoms with Crippen LogP contribution in [0.25, 0.3) is 32.7 Å². The van der Waals surface area contributed by atoms with Crippen LogP contribution < -0.4 is 9.47 Å². The van der Waals surface area contributed by atoms with Gasteiger partial charge in [-0.3, -0.25) is 0 Å². The fourth-order valence-corrected chi connectivity index (χ4v) is 4.55. The van der Waals surface area contributed by atoms with Crippen LogP contribution >= 0.6 is 0 Å². The molecule has 5 rings (SSSR count). The van der Waals surface area contributed by atoms with Gasteiger partial charge in [0.2, 0.25) is 0 Å². The lowest BCUT2D eigenvalue weighted by atomic mass is 9.87. The summed E-state index contributed by atoms with van der Waals surface area (Å²) in [5.41, 5.74) is 2.25. The molecule has 29 heavy (non-hydrogen) atoms. The van der Waals surface area contributed by atoms with Crippen LogP contribution in [0.4, 0.5) is 0 Å². The summed E-state index contributed by atoms with van der Waals surface area (Å²) in [6.45, 7) is 5.79. The molecule has 0 atom stereocenters. The second-order valence-corrected chi connectivity index (χ2v) is 8.46. The zero-order valence-corrected chi connectivity index (χ0v) is 17.1. The third-order valence-electron chi connectivity index (χ3n) is 6.04. The maximum Gasteiger partial charge on any atom is 0.127 e. The molecule has 0 spiro atoms. The highest BCUT2D eigenvalue weighted by molar-refractivity contribution is 6.09. The molecule has 146 valence electrons. The molecule has 0 bridgehead atoms. The lowest BCUT2D eigenvalue weighted by molar-refractivity contribution is 0.0880. The van der Waals surface area contributed by atoms with Crippen LogP contribution in [-0.2, 0) is 0 Å². The van der Waals surface area contributed by atoms with Gasteiger partial charge in [0.25, 0.3) is 0 Å². The zero-order chi connectivity index (χ0) is 19.8. The molecule has 0 unspecified atom stereocenters. The molecule has 2 nitrogen and oxygen atoms in total. The van der Waals surface area contributed by atoms with E-state index in [1.807, 2.05) is 0 Å². The standard InChI is InChI=1S/C27H26O2/c1-3-16-27(2)17-28-23-14-12-19-8-4-6-10-21(19)25(23)26-22-11-7-5-9-20(22)13-15-24(26)29-18-27/h4-15H,3,16-18H2,1-2H3. The number of ether oxygens (including phenoxy) is 2. The van der Waals surface area contributed by atoms with Crippen LogP contribution in [0.5, 0.6) is 11.5 Å². The van der Waals surface area contributed by atoms with E-state index >= 15 is 0 Å². The van der Waals surface area contributed by atoms with Crippen molar-refractivity contribution in [3.63, 3.8) is 0 Å². The Bertz CT molecular complexity index is 1100. The third kappa shape index (κ3) is 3.13. The van der Waals surface area contributed by atoms with Gasteiger partial charge in [-0.05, 0) is 40.1 Å². The number of hydrogen-bond donors (Lipinski definition) is 0. The Balaban J connectivity index is 1.85. The van der Waals surface area contributed by atoms with Crippen molar-refractivity contribution in [1.82, 2.24) is 0 Å². The molecule has 0 aliphatic carbocycles. The van der Waals surface area contributed by atoms with Gasteiger partial charge in [-0.2, -0.15) is 0 Å². The average molecular weight is 383 g/mol. The number of fused-ring (bicyclic) bond motifs is 7. The molecule has 0 N–H and O–H groups in total. The summed E-state index contributed by atoms with van der Waals surface area (Å²) in [5.74, 6) is 1.88. The first kappa shape index (κ1) is 18.1. The summed E-state index contributed by atoms with van der Waals surface area (Å²) in [4.78, 5) is 0. The Morgan fingerprint density at radius 2 is 1.17 bits per heavy atom. The molecule has 4 aromatic rings. The highest BCUT2D eigenvalue weighted by Crippen LogP contribution is 2.47. The monoisotopic (exact) mass is 382 g/mol. The van der Waals surface area contributed by atoms with Crippen molar-refractivity contribution in [2.75, 3.05) is 13.2 Å². The van der Waals surface area contributed by atoms with Crippen LogP contribution in [-0.4, -0.2) is 13.2 Å². The fourth-order valence-electron chi connectivity index (χ4n) is 4.55. The molecule has 0 amide bonds. The van der Waals surface area contributed by atoms with Crippen molar-refractivity contribution < 1.29 is 9.47 Å². The van der Waals surface area contributed by atoms with Gasteiger partial charge in [-0.15, -0.1) is 0 Å². The Kier molecular flexibility index (Phi) is 4.43. The van der Waals surface area contributed by atoms with Gasteiger partial charge in [0.1, 0.15) is 11.5 Å². The van der Waals surface area contributed by atoms with Crippen LogP contribution in [0.3, 0.4) is 0 Å². The van der Waals surface area contributed by atoms with E-state index in [1.54, 1.807) is 0 Å². The number of benzene rings is 4. The number of rotatable bonds is 2. The van der Waals surface area contributed by atoms with Crippen molar-refractivity contribution in [2.45, 2.75) is 26.7 Å². The van der Waals surface area contributed by atoms with Crippen molar-refractivity contribution in [3.05, 3.63) is 72.8 Å². The molecule has 0 saturated heterocycles.